The van der Waals surface area contributed by atoms with Gasteiger partial charge >= 0.3 is 0 Å². The number of hydrogen-bond donors (Lipinski definition) is 3. The van der Waals surface area contributed by atoms with E-state index in [2.05, 4.69) is 10.6 Å². The summed E-state index contributed by atoms with van der Waals surface area (Å²) < 4.78 is 13.2. The SMILES string of the molecule is O=C(NCc1ccc(F)c(CO)c1)C1CCCN1. The molecule has 98 valence electrons. The zero-order chi connectivity index (χ0) is 13.0. The van der Waals surface area contributed by atoms with Gasteiger partial charge in [-0.2, -0.15) is 0 Å². The van der Waals surface area contributed by atoms with Crippen molar-refractivity contribution in [2.75, 3.05) is 6.54 Å². The topological polar surface area (TPSA) is 61.4 Å². The molecule has 1 atom stereocenters. The third-order valence-corrected chi connectivity index (χ3v) is 3.12. The molecular weight excluding hydrogens is 235 g/mol. The lowest BCUT2D eigenvalue weighted by atomic mass is 10.1. The summed E-state index contributed by atoms with van der Waals surface area (Å²) in [7, 11) is 0. The first-order valence-corrected chi connectivity index (χ1v) is 6.10. The van der Waals surface area contributed by atoms with Crippen LogP contribution in [0.15, 0.2) is 18.2 Å². The van der Waals surface area contributed by atoms with Crippen LogP contribution in [0, 0.1) is 5.82 Å². The minimum Gasteiger partial charge on any atom is -0.392 e. The fraction of sp³-hybridized carbons (Fsp3) is 0.462. The first-order chi connectivity index (χ1) is 8.70. The van der Waals surface area contributed by atoms with Crippen LogP contribution in [-0.2, 0) is 17.9 Å². The van der Waals surface area contributed by atoms with Gasteiger partial charge in [-0.3, -0.25) is 4.79 Å². The zero-order valence-corrected chi connectivity index (χ0v) is 10.1. The summed E-state index contributed by atoms with van der Waals surface area (Å²) in [5.41, 5.74) is 1.03. The summed E-state index contributed by atoms with van der Waals surface area (Å²) in [6.07, 6.45) is 1.88. The quantitative estimate of drug-likeness (QED) is 0.738. The highest BCUT2D eigenvalue weighted by molar-refractivity contribution is 5.81. The van der Waals surface area contributed by atoms with Crippen LogP contribution < -0.4 is 10.6 Å². The second-order valence-corrected chi connectivity index (χ2v) is 4.45. The molecule has 1 amide bonds. The molecule has 0 bridgehead atoms. The molecule has 1 fully saturated rings. The predicted molar refractivity (Wildman–Crippen MR) is 65.2 cm³/mol. The maximum Gasteiger partial charge on any atom is 0.237 e. The molecule has 5 heteroatoms. The summed E-state index contributed by atoms with van der Waals surface area (Å²) in [6, 6.07) is 4.37. The second-order valence-electron chi connectivity index (χ2n) is 4.45. The highest BCUT2D eigenvalue weighted by Crippen LogP contribution is 2.11. The predicted octanol–water partition coefficient (Wildman–Crippen LogP) is 0.686. The molecule has 0 saturated carbocycles. The summed E-state index contributed by atoms with van der Waals surface area (Å²) in [6.45, 7) is 0.894. The van der Waals surface area contributed by atoms with Gasteiger partial charge in [0.25, 0.3) is 0 Å². The van der Waals surface area contributed by atoms with E-state index in [1.54, 1.807) is 12.1 Å². The minimum absolute atomic E-state index is 0.0256. The number of aliphatic hydroxyl groups excluding tert-OH is 1. The van der Waals surface area contributed by atoms with Crippen molar-refractivity contribution in [1.82, 2.24) is 10.6 Å². The Morgan fingerprint density at radius 1 is 1.56 bits per heavy atom. The number of halogens is 1. The Morgan fingerprint density at radius 2 is 2.39 bits per heavy atom. The number of benzene rings is 1. The van der Waals surface area contributed by atoms with Gasteiger partial charge in [-0.25, -0.2) is 4.39 Å². The Bertz CT molecular complexity index is 431. The van der Waals surface area contributed by atoms with Crippen molar-refractivity contribution in [3.63, 3.8) is 0 Å². The number of aliphatic hydroxyl groups is 1. The van der Waals surface area contributed by atoms with E-state index in [-0.39, 0.29) is 24.1 Å². The van der Waals surface area contributed by atoms with Crippen molar-refractivity contribution in [2.24, 2.45) is 0 Å². The molecule has 1 unspecified atom stereocenters. The normalized spacial score (nSPS) is 18.9. The number of nitrogens with one attached hydrogen (secondary N) is 2. The second kappa shape index (κ2) is 5.93. The van der Waals surface area contributed by atoms with Gasteiger partial charge in [-0.15, -0.1) is 0 Å². The lowest BCUT2D eigenvalue weighted by Gasteiger charge is -2.11. The molecule has 0 aromatic heterocycles. The molecule has 1 aliphatic rings. The van der Waals surface area contributed by atoms with Crippen LogP contribution in [0.1, 0.15) is 24.0 Å². The molecule has 0 aliphatic carbocycles. The van der Waals surface area contributed by atoms with Crippen LogP contribution in [0.5, 0.6) is 0 Å². The van der Waals surface area contributed by atoms with Crippen LogP contribution >= 0.6 is 0 Å². The first kappa shape index (κ1) is 13.0. The van der Waals surface area contributed by atoms with Gasteiger partial charge in [-0.05, 0) is 37.1 Å². The van der Waals surface area contributed by atoms with Gasteiger partial charge in [0.1, 0.15) is 5.82 Å². The average Bonchev–Trinajstić information content (AvgIpc) is 2.91. The monoisotopic (exact) mass is 252 g/mol. The summed E-state index contributed by atoms with van der Waals surface area (Å²) >= 11 is 0. The summed E-state index contributed by atoms with van der Waals surface area (Å²) in [5, 5.41) is 14.9. The molecule has 1 heterocycles. The van der Waals surface area contributed by atoms with E-state index >= 15 is 0 Å². The molecule has 18 heavy (non-hydrogen) atoms. The third-order valence-electron chi connectivity index (χ3n) is 3.12. The van der Waals surface area contributed by atoms with Gasteiger partial charge < -0.3 is 15.7 Å². The fourth-order valence-corrected chi connectivity index (χ4v) is 2.08. The van der Waals surface area contributed by atoms with Crippen molar-refractivity contribution in [3.8, 4) is 0 Å². The third kappa shape index (κ3) is 3.05. The fourth-order valence-electron chi connectivity index (χ4n) is 2.08. The maximum atomic E-state index is 13.2. The summed E-state index contributed by atoms with van der Waals surface area (Å²) in [4.78, 5) is 11.7. The number of carbonyl (C=O) groups excluding carboxylic acids is 1. The lowest BCUT2D eigenvalue weighted by molar-refractivity contribution is -0.122. The van der Waals surface area contributed by atoms with Gasteiger partial charge in [0, 0.05) is 12.1 Å². The van der Waals surface area contributed by atoms with Gasteiger partial charge in [0.05, 0.1) is 12.6 Å². The van der Waals surface area contributed by atoms with Crippen LogP contribution in [0.25, 0.3) is 0 Å². The molecule has 1 aliphatic heterocycles. The van der Waals surface area contributed by atoms with Crippen LogP contribution in [0.4, 0.5) is 4.39 Å². The minimum atomic E-state index is -0.426. The zero-order valence-electron chi connectivity index (χ0n) is 10.1. The van der Waals surface area contributed by atoms with Crippen LogP contribution in [0.2, 0.25) is 0 Å². The number of rotatable bonds is 4. The Morgan fingerprint density at radius 3 is 3.06 bits per heavy atom. The first-order valence-electron chi connectivity index (χ1n) is 6.10. The van der Waals surface area contributed by atoms with E-state index in [9.17, 15) is 9.18 Å². The number of hydrogen-bond acceptors (Lipinski definition) is 3. The molecule has 1 saturated heterocycles. The van der Waals surface area contributed by atoms with Crippen molar-refractivity contribution >= 4 is 5.91 Å². The van der Waals surface area contributed by atoms with Crippen molar-refractivity contribution in [1.29, 1.82) is 0 Å². The highest BCUT2D eigenvalue weighted by Gasteiger charge is 2.21. The number of carbonyl (C=O) groups is 1. The van der Waals surface area contributed by atoms with Gasteiger partial charge in [0.15, 0.2) is 0 Å². The lowest BCUT2D eigenvalue weighted by Crippen LogP contribution is -2.40. The van der Waals surface area contributed by atoms with Crippen LogP contribution in [-0.4, -0.2) is 23.6 Å². The van der Waals surface area contributed by atoms with Gasteiger partial charge in [-0.1, -0.05) is 6.07 Å². The highest BCUT2D eigenvalue weighted by atomic mass is 19.1. The Labute approximate surface area is 105 Å². The molecule has 2 rings (SSSR count). The standard InChI is InChI=1S/C13H17FN2O2/c14-11-4-3-9(6-10(11)8-17)7-16-13(18)12-2-1-5-15-12/h3-4,6,12,15,17H,1-2,5,7-8H2,(H,16,18). The van der Waals surface area contributed by atoms with Crippen LogP contribution in [0.3, 0.4) is 0 Å². The average molecular weight is 252 g/mol. The van der Waals surface area contributed by atoms with Crippen molar-refractivity contribution in [3.05, 3.63) is 35.1 Å². The van der Waals surface area contributed by atoms with Crippen molar-refractivity contribution in [2.45, 2.75) is 32.0 Å². The molecule has 1 aromatic carbocycles. The van der Waals surface area contributed by atoms with E-state index in [0.717, 1.165) is 24.9 Å². The molecule has 1 aromatic rings. The molecule has 4 nitrogen and oxygen atoms in total. The molecule has 0 radical (unpaired) electrons. The van der Waals surface area contributed by atoms with E-state index in [4.69, 9.17) is 5.11 Å². The Hall–Kier alpha value is -1.46. The molecule has 3 N–H and O–H groups in total. The number of amides is 1. The molecular formula is C13H17FN2O2. The van der Waals surface area contributed by atoms with E-state index in [1.165, 1.54) is 6.07 Å². The van der Waals surface area contributed by atoms with E-state index in [1.807, 2.05) is 0 Å². The molecule has 0 spiro atoms. The summed E-state index contributed by atoms with van der Waals surface area (Å²) in [5.74, 6) is -0.451. The maximum absolute atomic E-state index is 13.2. The smallest absolute Gasteiger partial charge is 0.237 e. The van der Waals surface area contributed by atoms with E-state index < -0.39 is 5.82 Å². The van der Waals surface area contributed by atoms with E-state index in [0.29, 0.717) is 6.54 Å². The Kier molecular flexibility index (Phi) is 4.28. The largest absolute Gasteiger partial charge is 0.392 e. The van der Waals surface area contributed by atoms with Gasteiger partial charge in [0.2, 0.25) is 5.91 Å². The van der Waals surface area contributed by atoms with Crippen molar-refractivity contribution < 1.29 is 14.3 Å². The Balaban J connectivity index is 1.91.